The number of halogens is 3. The van der Waals surface area contributed by atoms with E-state index in [0.717, 1.165) is 107 Å². The average Bonchev–Trinajstić information content (AvgIpc) is 3.45. The monoisotopic (exact) mass is 964 g/mol. The van der Waals surface area contributed by atoms with Crippen LogP contribution in [0.1, 0.15) is 77.3 Å². The van der Waals surface area contributed by atoms with E-state index >= 15 is 0 Å². The van der Waals surface area contributed by atoms with E-state index in [1.54, 1.807) is 24.3 Å². The lowest BCUT2D eigenvalue weighted by atomic mass is 9.79. The Labute approximate surface area is 346 Å². The van der Waals surface area contributed by atoms with Crippen LogP contribution in [0.2, 0.25) is 0 Å². The first-order valence-electron chi connectivity index (χ1n) is 18.1. The van der Waals surface area contributed by atoms with Gasteiger partial charge in [0.15, 0.2) is 5.71 Å². The first-order valence-corrected chi connectivity index (χ1v) is 23.2. The molecular formula is C41H47Br3N2O6S2. The lowest BCUT2D eigenvalue weighted by Crippen LogP contribution is -3.00. The number of fused-ring (bicyclic) bond motifs is 6. The van der Waals surface area contributed by atoms with Crippen molar-refractivity contribution in [3.8, 4) is 0 Å². The van der Waals surface area contributed by atoms with Crippen molar-refractivity contribution in [2.24, 2.45) is 0 Å². The van der Waals surface area contributed by atoms with Crippen LogP contribution in [-0.2, 0) is 31.1 Å². The number of anilines is 1. The summed E-state index contributed by atoms with van der Waals surface area (Å²) in [5.74, 6) is 0. The van der Waals surface area contributed by atoms with Gasteiger partial charge in [0.2, 0.25) is 5.69 Å². The van der Waals surface area contributed by atoms with Gasteiger partial charge < -0.3 is 21.9 Å². The lowest BCUT2D eigenvalue weighted by Gasteiger charge is -2.27. The molecule has 2 heterocycles. The maximum atomic E-state index is 12.4. The quantitative estimate of drug-likeness (QED) is 0.0594. The Morgan fingerprint density at radius 2 is 1.24 bits per heavy atom. The SMILES string of the molecule is CC1(C)C(/C=C/C=C2\N(CCCCCBr)c3ccc4c(S(=O)(=O)O)cccc4c3C2(C)C)=[N+](CCCCCBr)c2ccc3c(S(=O)(=O)O)cccc3c21.[Br-]. The van der Waals surface area contributed by atoms with E-state index in [4.69, 9.17) is 0 Å². The van der Waals surface area contributed by atoms with Gasteiger partial charge in [-0.25, -0.2) is 0 Å². The third kappa shape index (κ3) is 7.93. The maximum Gasteiger partial charge on any atom is 0.295 e. The van der Waals surface area contributed by atoms with Gasteiger partial charge in [0.05, 0.1) is 5.41 Å². The lowest BCUT2D eigenvalue weighted by molar-refractivity contribution is -0.438. The zero-order chi connectivity index (χ0) is 38.3. The molecule has 54 heavy (non-hydrogen) atoms. The van der Waals surface area contributed by atoms with E-state index in [0.29, 0.717) is 10.8 Å². The predicted octanol–water partition coefficient (Wildman–Crippen LogP) is 7.23. The molecule has 4 aromatic carbocycles. The fourth-order valence-corrected chi connectivity index (χ4v) is 10.6. The van der Waals surface area contributed by atoms with Gasteiger partial charge in [-0.1, -0.05) is 88.5 Å². The van der Waals surface area contributed by atoms with Crippen LogP contribution >= 0.6 is 31.9 Å². The van der Waals surface area contributed by atoms with E-state index in [1.807, 2.05) is 24.3 Å². The Kier molecular flexibility index (Phi) is 13.1. The van der Waals surface area contributed by atoms with E-state index in [2.05, 4.69) is 87.3 Å². The number of alkyl halides is 2. The molecule has 13 heteroatoms. The average molecular weight is 968 g/mol. The maximum absolute atomic E-state index is 12.4. The van der Waals surface area contributed by atoms with E-state index in [9.17, 15) is 25.9 Å². The first-order chi connectivity index (χ1) is 25.0. The summed E-state index contributed by atoms with van der Waals surface area (Å²) >= 11 is 7.12. The van der Waals surface area contributed by atoms with Crippen molar-refractivity contribution in [3.63, 3.8) is 0 Å². The number of hydrogen-bond donors (Lipinski definition) is 2. The van der Waals surface area contributed by atoms with Crippen LogP contribution in [0, 0.1) is 0 Å². The Balaban J connectivity index is 0.00000561. The van der Waals surface area contributed by atoms with Crippen molar-refractivity contribution < 1.29 is 47.5 Å². The predicted molar refractivity (Wildman–Crippen MR) is 223 cm³/mol. The van der Waals surface area contributed by atoms with Gasteiger partial charge in [-0.05, 0) is 86.2 Å². The number of nitrogens with zero attached hydrogens (tertiary/aromatic N) is 2. The second-order valence-electron chi connectivity index (χ2n) is 14.9. The molecule has 2 aliphatic rings. The molecule has 0 aromatic heterocycles. The highest BCUT2D eigenvalue weighted by Crippen LogP contribution is 2.52. The molecule has 2 aliphatic heterocycles. The summed E-state index contributed by atoms with van der Waals surface area (Å²) in [5.41, 5.74) is 5.30. The molecule has 0 radical (unpaired) electrons. The molecule has 0 spiro atoms. The molecule has 290 valence electrons. The molecule has 0 aliphatic carbocycles. The molecule has 4 aromatic rings. The minimum absolute atomic E-state index is 0. The molecule has 6 rings (SSSR count). The van der Waals surface area contributed by atoms with Crippen LogP contribution in [-0.4, -0.2) is 60.0 Å². The van der Waals surface area contributed by atoms with Crippen LogP contribution in [0.15, 0.2) is 94.4 Å². The molecule has 0 fully saturated rings. The molecule has 0 unspecified atom stereocenters. The summed E-state index contributed by atoms with van der Waals surface area (Å²) in [5, 5.41) is 4.48. The third-order valence-electron chi connectivity index (χ3n) is 10.8. The van der Waals surface area contributed by atoms with Crippen LogP contribution < -0.4 is 21.9 Å². The Morgan fingerprint density at radius 3 is 1.81 bits per heavy atom. The molecule has 0 bridgehead atoms. The highest BCUT2D eigenvalue weighted by molar-refractivity contribution is 9.09. The Hall–Kier alpha value is -2.39. The minimum atomic E-state index is -4.42. The fraction of sp³-hybridized carbons (Fsp3) is 0.390. The van der Waals surface area contributed by atoms with Crippen molar-refractivity contribution >= 4 is 90.7 Å². The van der Waals surface area contributed by atoms with Crippen molar-refractivity contribution in [2.45, 2.75) is 86.8 Å². The number of allylic oxidation sites excluding steroid dienone is 4. The van der Waals surface area contributed by atoms with Crippen LogP contribution in [0.25, 0.3) is 21.5 Å². The van der Waals surface area contributed by atoms with Crippen molar-refractivity contribution in [2.75, 3.05) is 28.6 Å². The molecule has 0 amide bonds. The van der Waals surface area contributed by atoms with Gasteiger partial charge in [0.25, 0.3) is 20.2 Å². The largest absolute Gasteiger partial charge is 1.00 e. The molecule has 2 N–H and O–H groups in total. The second-order valence-corrected chi connectivity index (χ2v) is 19.3. The summed E-state index contributed by atoms with van der Waals surface area (Å²) < 4.78 is 72.0. The van der Waals surface area contributed by atoms with Gasteiger partial charge in [0.1, 0.15) is 16.3 Å². The van der Waals surface area contributed by atoms with E-state index < -0.39 is 31.1 Å². The standard InChI is InChI=1S/C41H46Br2N2O6S2.BrH/c1-40(2)36(44(26-9-5-7-24-42)32-22-20-28-30(38(32)40)14-11-16-34(28)52(46,47)48)18-13-19-37-41(3,4)39-31-15-12-17-35(53(49,50)51)29(31)21-23-33(39)45(37)27-10-6-8-25-43;/h11-23H,5-10,24-27H2,1-4H3,(H-,46,47,48,49,50,51);1H. The molecule has 0 saturated heterocycles. The second kappa shape index (κ2) is 16.6. The number of rotatable bonds is 14. The Morgan fingerprint density at radius 1 is 0.685 bits per heavy atom. The highest BCUT2D eigenvalue weighted by Gasteiger charge is 2.46. The smallest absolute Gasteiger partial charge is 0.295 e. The highest BCUT2D eigenvalue weighted by atomic mass is 79.9. The number of unbranched alkanes of at least 4 members (excludes halogenated alkanes) is 4. The van der Waals surface area contributed by atoms with Gasteiger partial charge in [-0.3, -0.25) is 9.11 Å². The summed E-state index contributed by atoms with van der Waals surface area (Å²) in [7, 11) is -8.85. The topological polar surface area (TPSA) is 115 Å². The Bertz CT molecular complexity index is 2400. The number of hydrogen-bond acceptors (Lipinski definition) is 5. The number of benzene rings is 4. The van der Waals surface area contributed by atoms with E-state index in [1.165, 1.54) is 12.1 Å². The zero-order valence-corrected chi connectivity index (χ0v) is 37.3. The normalized spacial score (nSPS) is 17.2. The summed E-state index contributed by atoms with van der Waals surface area (Å²) in [6.45, 7) is 10.3. The summed E-state index contributed by atoms with van der Waals surface area (Å²) in [6, 6.07) is 17.7. The van der Waals surface area contributed by atoms with Gasteiger partial charge in [-0.2, -0.15) is 21.4 Å². The fourth-order valence-electron chi connectivity index (χ4n) is 8.43. The molecular weight excluding hydrogens is 920 g/mol. The van der Waals surface area contributed by atoms with Crippen LogP contribution in [0.5, 0.6) is 0 Å². The summed E-state index contributed by atoms with van der Waals surface area (Å²) in [4.78, 5) is 2.16. The van der Waals surface area contributed by atoms with Gasteiger partial charge >= 0.3 is 0 Å². The molecule has 0 atom stereocenters. The first kappa shape index (κ1) is 42.7. The molecule has 8 nitrogen and oxygen atoms in total. The van der Waals surface area contributed by atoms with Crippen molar-refractivity contribution in [1.29, 1.82) is 0 Å². The zero-order valence-electron chi connectivity index (χ0n) is 30.9. The van der Waals surface area contributed by atoms with Crippen molar-refractivity contribution in [3.05, 3.63) is 95.7 Å². The molecule has 0 saturated carbocycles. The van der Waals surface area contributed by atoms with Gasteiger partial charge in [-0.15, -0.1) is 0 Å². The van der Waals surface area contributed by atoms with Crippen LogP contribution in [0.4, 0.5) is 11.4 Å². The van der Waals surface area contributed by atoms with Crippen molar-refractivity contribution in [1.82, 2.24) is 0 Å². The van der Waals surface area contributed by atoms with Gasteiger partial charge in [0, 0.05) is 68.9 Å². The summed E-state index contributed by atoms with van der Waals surface area (Å²) in [6.07, 6.45) is 12.7. The van der Waals surface area contributed by atoms with Crippen LogP contribution in [0.3, 0.4) is 0 Å². The third-order valence-corrected chi connectivity index (χ3v) is 13.7. The van der Waals surface area contributed by atoms with E-state index in [-0.39, 0.29) is 26.8 Å². The minimum Gasteiger partial charge on any atom is -1.00 e.